The predicted molar refractivity (Wildman–Crippen MR) is 88.1 cm³/mol. The van der Waals surface area contributed by atoms with Crippen molar-refractivity contribution in [1.82, 2.24) is 5.32 Å². The molecular weight excluding hydrogens is 288 g/mol. The molecule has 1 heterocycles. The highest BCUT2D eigenvalue weighted by molar-refractivity contribution is 7.80. The fourth-order valence-electron chi connectivity index (χ4n) is 2.87. The monoisotopic (exact) mass is 310 g/mol. The number of nitrogens with one attached hydrogen (secondary N) is 1. The van der Waals surface area contributed by atoms with Crippen LogP contribution in [-0.4, -0.2) is 16.9 Å². The highest BCUT2D eigenvalue weighted by Crippen LogP contribution is 2.38. The maximum Gasteiger partial charge on any atom is 0.233 e. The molecule has 0 aliphatic heterocycles. The van der Waals surface area contributed by atoms with E-state index in [2.05, 4.69) is 24.4 Å². The van der Waals surface area contributed by atoms with E-state index in [1.54, 1.807) is 11.3 Å². The molecule has 1 aliphatic rings. The maximum atomic E-state index is 12.5. The van der Waals surface area contributed by atoms with Gasteiger partial charge in [0.05, 0.1) is 10.4 Å². The van der Waals surface area contributed by atoms with Gasteiger partial charge < -0.3 is 11.1 Å². The first-order chi connectivity index (χ1) is 9.44. The smallest absolute Gasteiger partial charge is 0.233 e. The van der Waals surface area contributed by atoms with E-state index < -0.39 is 5.41 Å². The third-order valence-electron chi connectivity index (χ3n) is 4.04. The summed E-state index contributed by atoms with van der Waals surface area (Å²) in [5.74, 6) is 0.0169. The molecule has 1 amide bonds. The fraction of sp³-hybridized carbons (Fsp3) is 0.600. The van der Waals surface area contributed by atoms with Crippen LogP contribution in [0.4, 0.5) is 0 Å². The lowest BCUT2D eigenvalue weighted by atomic mass is 9.84. The Morgan fingerprint density at radius 3 is 2.65 bits per heavy atom. The van der Waals surface area contributed by atoms with Gasteiger partial charge in [-0.2, -0.15) is 0 Å². The van der Waals surface area contributed by atoms with Crippen molar-refractivity contribution in [3.8, 4) is 0 Å². The molecule has 110 valence electrons. The summed E-state index contributed by atoms with van der Waals surface area (Å²) in [6.45, 7) is 4.13. The van der Waals surface area contributed by atoms with Crippen molar-refractivity contribution in [3.05, 3.63) is 21.9 Å². The minimum Gasteiger partial charge on any atom is -0.392 e. The Bertz CT molecular complexity index is 504. The van der Waals surface area contributed by atoms with Gasteiger partial charge in [-0.25, -0.2) is 0 Å². The summed E-state index contributed by atoms with van der Waals surface area (Å²) < 4.78 is 0. The van der Waals surface area contributed by atoms with Crippen molar-refractivity contribution in [2.45, 2.75) is 52.0 Å². The summed E-state index contributed by atoms with van der Waals surface area (Å²) in [5.41, 5.74) is 5.24. The first kappa shape index (κ1) is 15.4. The molecule has 1 saturated carbocycles. The van der Waals surface area contributed by atoms with Crippen molar-refractivity contribution in [2.24, 2.45) is 11.1 Å². The molecular formula is C15H22N2OS2. The van der Waals surface area contributed by atoms with E-state index in [1.165, 1.54) is 9.75 Å². The lowest BCUT2D eigenvalue weighted by Gasteiger charge is -2.28. The number of nitrogens with two attached hydrogens (primary N) is 1. The average Bonchev–Trinajstić information content (AvgIpc) is 2.98. The normalized spacial score (nSPS) is 18.7. The molecule has 3 N–H and O–H groups in total. The molecule has 1 atom stereocenters. The molecule has 0 aromatic carbocycles. The van der Waals surface area contributed by atoms with Gasteiger partial charge in [-0.15, -0.1) is 11.3 Å². The Kier molecular flexibility index (Phi) is 4.81. The van der Waals surface area contributed by atoms with Crippen LogP contribution in [0.25, 0.3) is 0 Å². The Hall–Kier alpha value is -0.940. The highest BCUT2D eigenvalue weighted by atomic mass is 32.1. The lowest BCUT2D eigenvalue weighted by molar-refractivity contribution is -0.127. The zero-order valence-corrected chi connectivity index (χ0v) is 13.7. The molecule has 0 bridgehead atoms. The highest BCUT2D eigenvalue weighted by Gasteiger charge is 2.44. The molecule has 1 aliphatic carbocycles. The van der Waals surface area contributed by atoms with Gasteiger partial charge in [0.2, 0.25) is 5.91 Å². The number of thiocarbonyl (C=S) groups is 1. The first-order valence-electron chi connectivity index (χ1n) is 7.10. The lowest BCUT2D eigenvalue weighted by Crippen LogP contribution is -2.50. The van der Waals surface area contributed by atoms with Crippen LogP contribution in [0.5, 0.6) is 0 Å². The van der Waals surface area contributed by atoms with Crippen LogP contribution in [0.15, 0.2) is 12.1 Å². The number of carbonyl (C=O) groups excluding carboxylic acids is 1. The summed E-state index contributed by atoms with van der Waals surface area (Å²) in [4.78, 5) is 15.5. The van der Waals surface area contributed by atoms with Crippen LogP contribution < -0.4 is 11.1 Å². The summed E-state index contributed by atoms with van der Waals surface area (Å²) in [7, 11) is 0. The number of rotatable bonds is 5. The second kappa shape index (κ2) is 6.22. The van der Waals surface area contributed by atoms with Crippen molar-refractivity contribution in [3.63, 3.8) is 0 Å². The zero-order chi connectivity index (χ0) is 14.8. The van der Waals surface area contributed by atoms with Gasteiger partial charge in [-0.3, -0.25) is 4.79 Å². The standard InChI is InChI=1S/C15H22N2OS2/c1-10(9-12-6-5-11(2)20-12)17-14(18)15(13(16)19)7-3-4-8-15/h5-6,10H,3-4,7-9H2,1-2H3,(H2,16,19)(H,17,18). The molecule has 3 nitrogen and oxygen atoms in total. The molecule has 5 heteroatoms. The summed E-state index contributed by atoms with van der Waals surface area (Å²) >= 11 is 6.93. The number of amides is 1. The Labute approximate surface area is 129 Å². The van der Waals surface area contributed by atoms with Crippen LogP contribution in [0, 0.1) is 12.3 Å². The Morgan fingerprint density at radius 2 is 2.15 bits per heavy atom. The predicted octanol–water partition coefficient (Wildman–Crippen LogP) is 2.95. The van der Waals surface area contributed by atoms with Crippen LogP contribution in [0.2, 0.25) is 0 Å². The van der Waals surface area contributed by atoms with Gasteiger partial charge in [-0.05, 0) is 38.8 Å². The van der Waals surface area contributed by atoms with Gasteiger partial charge in [0.25, 0.3) is 0 Å². The van der Waals surface area contributed by atoms with Crippen molar-refractivity contribution in [2.75, 3.05) is 0 Å². The van der Waals surface area contributed by atoms with Gasteiger partial charge in [-0.1, -0.05) is 25.1 Å². The molecule has 1 fully saturated rings. The molecule has 1 unspecified atom stereocenters. The van der Waals surface area contributed by atoms with Crippen LogP contribution in [0.1, 0.15) is 42.4 Å². The zero-order valence-electron chi connectivity index (χ0n) is 12.1. The molecule has 0 spiro atoms. The van der Waals surface area contributed by atoms with Gasteiger partial charge in [0.15, 0.2) is 0 Å². The number of carbonyl (C=O) groups is 1. The average molecular weight is 310 g/mol. The van der Waals surface area contributed by atoms with E-state index >= 15 is 0 Å². The summed E-state index contributed by atoms with van der Waals surface area (Å²) in [5, 5.41) is 3.10. The third kappa shape index (κ3) is 3.20. The van der Waals surface area contributed by atoms with Crippen LogP contribution in [0.3, 0.4) is 0 Å². The number of thiophene rings is 1. The first-order valence-corrected chi connectivity index (χ1v) is 8.33. The quantitative estimate of drug-likeness (QED) is 0.822. The van der Waals surface area contributed by atoms with Crippen molar-refractivity contribution in [1.29, 1.82) is 0 Å². The third-order valence-corrected chi connectivity index (χ3v) is 5.46. The van der Waals surface area contributed by atoms with Crippen molar-refractivity contribution < 1.29 is 4.79 Å². The van der Waals surface area contributed by atoms with E-state index in [0.717, 1.165) is 32.1 Å². The Balaban J connectivity index is 1.98. The molecule has 2 rings (SSSR count). The van der Waals surface area contributed by atoms with Crippen LogP contribution >= 0.6 is 23.6 Å². The molecule has 0 saturated heterocycles. The summed E-state index contributed by atoms with van der Waals surface area (Å²) in [6.07, 6.45) is 4.50. The van der Waals surface area contributed by atoms with Crippen LogP contribution in [-0.2, 0) is 11.2 Å². The van der Waals surface area contributed by atoms with Crippen molar-refractivity contribution >= 4 is 34.5 Å². The van der Waals surface area contributed by atoms with E-state index in [1.807, 2.05) is 6.92 Å². The minimum atomic E-state index is -0.602. The number of hydrogen-bond donors (Lipinski definition) is 2. The molecule has 1 aromatic rings. The van der Waals surface area contributed by atoms with Gasteiger partial charge >= 0.3 is 0 Å². The van der Waals surface area contributed by atoms with E-state index in [-0.39, 0.29) is 11.9 Å². The Morgan fingerprint density at radius 1 is 1.50 bits per heavy atom. The topological polar surface area (TPSA) is 55.1 Å². The largest absolute Gasteiger partial charge is 0.392 e. The second-order valence-corrected chi connectivity index (χ2v) is 7.56. The maximum absolute atomic E-state index is 12.5. The van der Waals surface area contributed by atoms with E-state index in [9.17, 15) is 4.79 Å². The fourth-order valence-corrected chi connectivity index (χ4v) is 4.19. The van der Waals surface area contributed by atoms with Gasteiger partial charge in [0, 0.05) is 22.2 Å². The molecule has 20 heavy (non-hydrogen) atoms. The van der Waals surface area contributed by atoms with E-state index in [0.29, 0.717) is 4.99 Å². The molecule has 1 aromatic heterocycles. The number of aryl methyl sites for hydroxylation is 1. The second-order valence-electron chi connectivity index (χ2n) is 5.74. The molecule has 0 radical (unpaired) electrons. The van der Waals surface area contributed by atoms with E-state index in [4.69, 9.17) is 18.0 Å². The SMILES string of the molecule is Cc1ccc(CC(C)NC(=O)C2(C(N)=S)CCCC2)s1. The minimum absolute atomic E-state index is 0.0169. The summed E-state index contributed by atoms with van der Waals surface area (Å²) in [6, 6.07) is 4.34. The van der Waals surface area contributed by atoms with Gasteiger partial charge in [0.1, 0.15) is 0 Å². The number of hydrogen-bond acceptors (Lipinski definition) is 3.